The van der Waals surface area contributed by atoms with Gasteiger partial charge in [-0.2, -0.15) is 0 Å². The quantitative estimate of drug-likeness (QED) is 0.653. The number of nitrogens with zero attached hydrogens (tertiary/aromatic N) is 1. The third-order valence-electron chi connectivity index (χ3n) is 7.19. The average molecular weight is 412 g/mol. The van der Waals surface area contributed by atoms with Crippen LogP contribution in [0.1, 0.15) is 32.3 Å². The molecule has 5 atom stereocenters. The fourth-order valence-corrected chi connectivity index (χ4v) is 5.31. The van der Waals surface area contributed by atoms with Crippen LogP contribution in [0.15, 0.2) is 30.3 Å². The summed E-state index contributed by atoms with van der Waals surface area (Å²) < 4.78 is 0. The Bertz CT molecular complexity index is 853. The first-order valence-electron chi connectivity index (χ1n) is 10.7. The number of hydrogen-bond acceptors (Lipinski definition) is 4. The van der Waals surface area contributed by atoms with Crippen LogP contribution in [-0.2, 0) is 25.6 Å². The maximum atomic E-state index is 13.2. The normalized spacial score (nSPS) is 29.7. The lowest BCUT2D eigenvalue weighted by molar-refractivity contribution is -0.140. The van der Waals surface area contributed by atoms with E-state index in [4.69, 9.17) is 0 Å². The van der Waals surface area contributed by atoms with E-state index in [1.165, 1.54) is 0 Å². The van der Waals surface area contributed by atoms with Crippen molar-refractivity contribution >= 4 is 24.0 Å². The molecule has 30 heavy (non-hydrogen) atoms. The summed E-state index contributed by atoms with van der Waals surface area (Å²) in [6.45, 7) is 5.42. The topological polar surface area (TPSA) is 95.6 Å². The second-order valence-electron chi connectivity index (χ2n) is 9.37. The van der Waals surface area contributed by atoms with Gasteiger partial charge in [-0.05, 0) is 35.7 Å². The molecule has 0 bridgehead atoms. The molecule has 2 N–H and O–H groups in total. The van der Waals surface area contributed by atoms with Crippen molar-refractivity contribution in [2.45, 2.75) is 45.2 Å². The monoisotopic (exact) mass is 411 g/mol. The van der Waals surface area contributed by atoms with Crippen LogP contribution in [0.3, 0.4) is 0 Å². The van der Waals surface area contributed by atoms with Crippen LogP contribution in [-0.4, -0.2) is 54.1 Å². The lowest BCUT2D eigenvalue weighted by Crippen LogP contribution is -2.53. The zero-order chi connectivity index (χ0) is 21.5. The van der Waals surface area contributed by atoms with E-state index in [-0.39, 0.29) is 41.4 Å². The van der Waals surface area contributed by atoms with Gasteiger partial charge in [0.2, 0.25) is 17.7 Å². The minimum Gasteiger partial charge on any atom is -0.356 e. The molecule has 0 radical (unpaired) electrons. The molecular weight excluding hydrogens is 382 g/mol. The molecule has 0 unspecified atom stereocenters. The van der Waals surface area contributed by atoms with E-state index in [0.29, 0.717) is 38.1 Å². The van der Waals surface area contributed by atoms with Crippen molar-refractivity contribution in [2.24, 2.45) is 23.2 Å². The molecule has 1 aromatic rings. The maximum absolute atomic E-state index is 13.2. The van der Waals surface area contributed by atoms with Crippen molar-refractivity contribution in [1.82, 2.24) is 15.5 Å². The van der Waals surface area contributed by atoms with Crippen molar-refractivity contribution in [3.63, 3.8) is 0 Å². The number of fused-ring (bicyclic) bond motifs is 1. The van der Waals surface area contributed by atoms with Gasteiger partial charge in [0, 0.05) is 19.0 Å². The maximum Gasteiger partial charge on any atom is 0.243 e. The summed E-state index contributed by atoms with van der Waals surface area (Å²) in [6.07, 6.45) is 1.92. The van der Waals surface area contributed by atoms with Gasteiger partial charge >= 0.3 is 0 Å². The fourth-order valence-electron chi connectivity index (χ4n) is 5.31. The molecule has 4 rings (SSSR count). The molecule has 3 aliphatic rings. The molecule has 2 aliphatic heterocycles. The molecule has 2 heterocycles. The smallest absolute Gasteiger partial charge is 0.243 e. The van der Waals surface area contributed by atoms with E-state index in [1.54, 1.807) is 4.90 Å². The Labute approximate surface area is 176 Å². The molecule has 0 spiro atoms. The van der Waals surface area contributed by atoms with Gasteiger partial charge in [0.25, 0.3) is 0 Å². The molecule has 3 fully saturated rings. The van der Waals surface area contributed by atoms with Crippen LogP contribution in [0.4, 0.5) is 0 Å². The fraction of sp³-hybridized carbons (Fsp3) is 0.565. The van der Waals surface area contributed by atoms with E-state index in [1.807, 2.05) is 30.3 Å². The number of benzene rings is 1. The Hall–Kier alpha value is -2.70. The van der Waals surface area contributed by atoms with Crippen LogP contribution in [0.5, 0.6) is 0 Å². The van der Waals surface area contributed by atoms with Crippen LogP contribution < -0.4 is 10.6 Å². The Morgan fingerprint density at radius 1 is 1.30 bits per heavy atom. The van der Waals surface area contributed by atoms with Crippen LogP contribution in [0.25, 0.3) is 0 Å². The van der Waals surface area contributed by atoms with Gasteiger partial charge in [-0.3, -0.25) is 14.4 Å². The predicted octanol–water partition coefficient (Wildman–Crippen LogP) is 0.922. The summed E-state index contributed by atoms with van der Waals surface area (Å²) in [5.41, 5.74) is 0.924. The van der Waals surface area contributed by atoms with Gasteiger partial charge in [0.1, 0.15) is 12.3 Å². The highest BCUT2D eigenvalue weighted by Gasteiger charge is 2.69. The van der Waals surface area contributed by atoms with Crippen LogP contribution in [0, 0.1) is 23.2 Å². The number of nitrogens with one attached hydrogen (secondary N) is 2. The van der Waals surface area contributed by atoms with Gasteiger partial charge < -0.3 is 20.3 Å². The second kappa shape index (κ2) is 7.85. The number of carbonyl (C=O) groups excluding carboxylic acids is 4. The molecule has 0 aromatic heterocycles. The summed E-state index contributed by atoms with van der Waals surface area (Å²) in [4.78, 5) is 51.3. The first-order chi connectivity index (χ1) is 14.3. The van der Waals surface area contributed by atoms with E-state index in [0.717, 1.165) is 5.56 Å². The van der Waals surface area contributed by atoms with Crippen LogP contribution >= 0.6 is 0 Å². The summed E-state index contributed by atoms with van der Waals surface area (Å²) >= 11 is 0. The zero-order valence-electron chi connectivity index (χ0n) is 17.5. The summed E-state index contributed by atoms with van der Waals surface area (Å²) in [7, 11) is 0. The Morgan fingerprint density at radius 2 is 2.03 bits per heavy atom. The van der Waals surface area contributed by atoms with Crippen molar-refractivity contribution in [2.75, 3.05) is 13.1 Å². The van der Waals surface area contributed by atoms with E-state index >= 15 is 0 Å². The number of aldehydes is 1. The Morgan fingerprint density at radius 3 is 2.67 bits per heavy atom. The highest BCUT2D eigenvalue weighted by atomic mass is 16.2. The summed E-state index contributed by atoms with van der Waals surface area (Å²) in [5, 5.41) is 5.58. The molecule has 7 heteroatoms. The first kappa shape index (κ1) is 20.6. The van der Waals surface area contributed by atoms with Gasteiger partial charge in [0.05, 0.1) is 12.5 Å². The summed E-state index contributed by atoms with van der Waals surface area (Å²) in [6, 6.07) is 8.21. The molecule has 3 amide bonds. The SMILES string of the molecule is CC1(C)[C@@H]2[C@@H](C(=O)N[C@H](C=O)C[C@@H]3CCNC3=O)N(C(=O)Cc3ccccc3)C[C@@H]21. The molecule has 1 aliphatic carbocycles. The molecular formula is C23H29N3O4. The number of rotatable bonds is 7. The first-order valence-corrected chi connectivity index (χ1v) is 10.7. The number of likely N-dealkylation sites (tertiary alicyclic amines) is 1. The second-order valence-corrected chi connectivity index (χ2v) is 9.37. The summed E-state index contributed by atoms with van der Waals surface area (Å²) in [5.74, 6) is -0.292. The van der Waals surface area contributed by atoms with Crippen molar-refractivity contribution in [1.29, 1.82) is 0 Å². The lowest BCUT2D eigenvalue weighted by Gasteiger charge is -2.31. The zero-order valence-corrected chi connectivity index (χ0v) is 17.5. The van der Waals surface area contributed by atoms with Gasteiger partial charge in [0.15, 0.2) is 0 Å². The molecule has 2 saturated heterocycles. The van der Waals surface area contributed by atoms with Crippen molar-refractivity contribution in [3.8, 4) is 0 Å². The van der Waals surface area contributed by atoms with Crippen molar-refractivity contribution < 1.29 is 19.2 Å². The lowest BCUT2D eigenvalue weighted by atomic mass is 9.97. The van der Waals surface area contributed by atoms with E-state index in [2.05, 4.69) is 24.5 Å². The molecule has 160 valence electrons. The highest BCUT2D eigenvalue weighted by molar-refractivity contribution is 5.91. The minimum absolute atomic E-state index is 0.00749. The predicted molar refractivity (Wildman–Crippen MR) is 110 cm³/mol. The van der Waals surface area contributed by atoms with Gasteiger partial charge in [-0.15, -0.1) is 0 Å². The third kappa shape index (κ3) is 3.73. The standard InChI is InChI=1S/C23H29N3O4/c1-23(2)17-12-26(18(28)10-14-6-4-3-5-7-14)20(19(17)23)22(30)25-16(13-27)11-15-8-9-24-21(15)29/h3-7,13,15-17,19-20H,8-12H2,1-2H3,(H,24,29)(H,25,30)/t15-,16-,17-,19-,20-/m0/s1. The van der Waals surface area contributed by atoms with Gasteiger partial charge in [-0.25, -0.2) is 0 Å². The number of carbonyl (C=O) groups is 4. The average Bonchev–Trinajstić information content (AvgIpc) is 3.09. The minimum atomic E-state index is -0.724. The Balaban J connectivity index is 1.45. The molecule has 7 nitrogen and oxygen atoms in total. The van der Waals surface area contributed by atoms with E-state index in [9.17, 15) is 19.2 Å². The van der Waals surface area contributed by atoms with Gasteiger partial charge in [-0.1, -0.05) is 44.2 Å². The highest BCUT2D eigenvalue weighted by Crippen LogP contribution is 2.64. The molecule has 1 saturated carbocycles. The van der Waals surface area contributed by atoms with E-state index < -0.39 is 12.1 Å². The number of piperidine rings is 1. The van der Waals surface area contributed by atoms with Crippen LogP contribution in [0.2, 0.25) is 0 Å². The van der Waals surface area contributed by atoms with Crippen molar-refractivity contribution in [3.05, 3.63) is 35.9 Å². The number of hydrogen-bond donors (Lipinski definition) is 2. The number of amides is 3. The Kier molecular flexibility index (Phi) is 5.38. The largest absolute Gasteiger partial charge is 0.356 e. The third-order valence-corrected chi connectivity index (χ3v) is 7.19. The molecule has 1 aromatic carbocycles.